The van der Waals surface area contributed by atoms with E-state index in [0.717, 1.165) is 15.8 Å². The van der Waals surface area contributed by atoms with Crippen molar-refractivity contribution < 1.29 is 19.2 Å². The highest BCUT2D eigenvalue weighted by Crippen LogP contribution is 2.39. The highest BCUT2D eigenvalue weighted by atomic mass is 35.5. The summed E-state index contributed by atoms with van der Waals surface area (Å²) in [6, 6.07) is 10.5. The van der Waals surface area contributed by atoms with E-state index in [2.05, 4.69) is 10.4 Å². The molecule has 1 aliphatic rings. The number of alkyl halides is 1. The van der Waals surface area contributed by atoms with Crippen molar-refractivity contribution in [3.8, 4) is 5.75 Å². The van der Waals surface area contributed by atoms with E-state index in [1.807, 2.05) is 0 Å². The van der Waals surface area contributed by atoms with E-state index >= 15 is 0 Å². The Bertz CT molecular complexity index is 1180. The number of carbonyl (C=O) groups is 2. The van der Waals surface area contributed by atoms with E-state index in [0.29, 0.717) is 30.8 Å². The first-order valence-electron chi connectivity index (χ1n) is 9.89. The second kappa shape index (κ2) is 8.83. The quantitative estimate of drug-likeness (QED) is 0.191. The molecule has 0 aliphatic carbocycles. The Morgan fingerprint density at radius 2 is 2.03 bits per heavy atom. The summed E-state index contributed by atoms with van der Waals surface area (Å²) in [6.07, 6.45) is 2.15. The van der Waals surface area contributed by atoms with Crippen LogP contribution in [0.15, 0.2) is 48.7 Å². The van der Waals surface area contributed by atoms with Crippen LogP contribution >= 0.6 is 11.6 Å². The molecule has 1 aliphatic heterocycles. The third kappa shape index (κ3) is 3.96. The summed E-state index contributed by atoms with van der Waals surface area (Å²) in [4.78, 5) is 36.5. The minimum atomic E-state index is -0.805. The topological polar surface area (TPSA) is 120 Å². The number of non-ortho nitro benzene ring substituents is 1. The molecule has 3 amide bonds. The van der Waals surface area contributed by atoms with E-state index in [1.165, 1.54) is 12.1 Å². The number of β-lactam (4-membered cyclic amide) rings is 1. The molecule has 0 radical (unpaired) electrons. The van der Waals surface area contributed by atoms with Gasteiger partial charge < -0.3 is 10.1 Å². The molecule has 166 valence electrons. The zero-order chi connectivity index (χ0) is 22.8. The average Bonchev–Trinajstić information content (AvgIpc) is 3.21. The second-order valence-corrected chi connectivity index (χ2v) is 7.75. The van der Waals surface area contributed by atoms with Gasteiger partial charge in [-0.2, -0.15) is 5.10 Å². The zero-order valence-electron chi connectivity index (χ0n) is 17.1. The Hall–Kier alpha value is -3.66. The van der Waals surface area contributed by atoms with Crippen LogP contribution in [0.5, 0.6) is 5.75 Å². The van der Waals surface area contributed by atoms with Gasteiger partial charge in [-0.05, 0) is 30.2 Å². The maximum atomic E-state index is 12.6. The van der Waals surface area contributed by atoms with Crippen LogP contribution in [0.25, 0.3) is 10.9 Å². The number of aryl methyl sites for hydroxylation is 1. The third-order valence-corrected chi connectivity index (χ3v) is 5.79. The van der Waals surface area contributed by atoms with Crippen LogP contribution in [0, 0.1) is 10.1 Å². The number of hydrogen-bond donors (Lipinski definition) is 1. The van der Waals surface area contributed by atoms with Crippen molar-refractivity contribution in [3.63, 3.8) is 0 Å². The fourth-order valence-corrected chi connectivity index (χ4v) is 4.02. The number of hydrogen-bond acceptors (Lipinski definition) is 6. The Labute approximate surface area is 187 Å². The number of imide groups is 1. The van der Waals surface area contributed by atoms with Crippen molar-refractivity contribution in [2.24, 2.45) is 0 Å². The van der Waals surface area contributed by atoms with Gasteiger partial charge in [0.2, 0.25) is 0 Å². The molecular formula is C21H20ClN5O5. The van der Waals surface area contributed by atoms with Gasteiger partial charge in [0.15, 0.2) is 0 Å². The molecule has 32 heavy (non-hydrogen) atoms. The summed E-state index contributed by atoms with van der Waals surface area (Å²) in [6.45, 7) is 0.736. The number of aromatic nitrogens is 2. The number of methoxy groups -OCH3 is 1. The van der Waals surface area contributed by atoms with Crippen LogP contribution in [0.4, 0.5) is 10.5 Å². The minimum Gasteiger partial charge on any atom is -0.497 e. The van der Waals surface area contributed by atoms with E-state index < -0.39 is 28.3 Å². The van der Waals surface area contributed by atoms with Crippen LogP contribution < -0.4 is 10.1 Å². The highest BCUT2D eigenvalue weighted by Gasteiger charge is 2.50. The molecule has 1 fully saturated rings. The smallest absolute Gasteiger partial charge is 0.324 e. The Morgan fingerprint density at radius 1 is 1.28 bits per heavy atom. The van der Waals surface area contributed by atoms with Crippen molar-refractivity contribution >= 4 is 40.1 Å². The Morgan fingerprint density at radius 3 is 2.72 bits per heavy atom. The lowest BCUT2D eigenvalue weighted by Gasteiger charge is -2.42. The molecule has 2 atom stereocenters. The SMILES string of the molecule is COc1ccc(C2C(Cl)C(=O)N2C(=O)NCCCn2ncc3ccc([N+](=O)[O-])cc32)cc1. The van der Waals surface area contributed by atoms with Gasteiger partial charge in [0.05, 0.1) is 29.8 Å². The van der Waals surface area contributed by atoms with E-state index in [-0.39, 0.29) is 5.69 Å². The molecule has 0 saturated carbocycles. The summed E-state index contributed by atoms with van der Waals surface area (Å²) in [5, 5.41) is 18.0. The number of likely N-dealkylation sites (tertiary alicyclic amines) is 1. The first kappa shape index (κ1) is 21.6. The molecule has 10 nitrogen and oxygen atoms in total. The number of ether oxygens (including phenoxy) is 1. The molecule has 1 saturated heterocycles. The number of nitro benzene ring substituents is 1. The molecule has 0 bridgehead atoms. The standard InChI is InChI=1S/C21H20ClN5O5/c1-32-16-7-4-13(5-8-16)19-18(22)20(28)26(19)21(29)23-9-2-10-25-17-11-15(27(30)31)6-3-14(17)12-24-25/h3-8,11-12,18-19H,2,9-10H2,1H3,(H,23,29). The number of fused-ring (bicyclic) bond motifs is 1. The second-order valence-electron chi connectivity index (χ2n) is 7.28. The van der Waals surface area contributed by atoms with Crippen LogP contribution in [-0.4, -0.2) is 50.6 Å². The number of nitro groups is 1. The van der Waals surface area contributed by atoms with Gasteiger partial charge in [-0.1, -0.05) is 12.1 Å². The zero-order valence-corrected chi connectivity index (χ0v) is 17.9. The maximum absolute atomic E-state index is 12.6. The average molecular weight is 458 g/mol. The summed E-state index contributed by atoms with van der Waals surface area (Å²) in [5.41, 5.74) is 1.38. The van der Waals surface area contributed by atoms with Gasteiger partial charge >= 0.3 is 6.03 Å². The van der Waals surface area contributed by atoms with E-state index in [4.69, 9.17) is 16.3 Å². The molecule has 1 N–H and O–H groups in total. The monoisotopic (exact) mass is 457 g/mol. The van der Waals surface area contributed by atoms with Crippen molar-refractivity contribution in [1.29, 1.82) is 0 Å². The summed E-state index contributed by atoms with van der Waals surface area (Å²) in [5.74, 6) is 0.216. The lowest BCUT2D eigenvalue weighted by Crippen LogP contribution is -2.61. The fourth-order valence-electron chi connectivity index (χ4n) is 3.66. The molecule has 11 heteroatoms. The van der Waals surface area contributed by atoms with Gasteiger partial charge in [0, 0.05) is 30.6 Å². The maximum Gasteiger partial charge on any atom is 0.324 e. The molecule has 1 aromatic heterocycles. The normalized spacial score (nSPS) is 17.8. The first-order chi connectivity index (χ1) is 15.4. The van der Waals surface area contributed by atoms with E-state index in [1.54, 1.807) is 48.3 Å². The number of halogens is 1. The number of carbonyl (C=O) groups excluding carboxylic acids is 2. The molecule has 2 unspecified atom stereocenters. The first-order valence-corrected chi connectivity index (χ1v) is 10.3. The minimum absolute atomic E-state index is 0.0101. The lowest BCUT2D eigenvalue weighted by atomic mass is 9.93. The van der Waals surface area contributed by atoms with Gasteiger partial charge in [-0.25, -0.2) is 4.79 Å². The molecule has 4 rings (SSSR count). The molecule has 2 heterocycles. The number of nitrogens with one attached hydrogen (secondary N) is 1. The predicted octanol–water partition coefficient (Wildman–Crippen LogP) is 3.24. The number of urea groups is 1. The van der Waals surface area contributed by atoms with Gasteiger partial charge in [0.25, 0.3) is 11.6 Å². The van der Waals surface area contributed by atoms with E-state index in [9.17, 15) is 19.7 Å². The third-order valence-electron chi connectivity index (χ3n) is 5.37. The molecule has 3 aromatic rings. The van der Waals surface area contributed by atoms with Crippen LogP contribution in [-0.2, 0) is 11.3 Å². The summed E-state index contributed by atoms with van der Waals surface area (Å²) >= 11 is 6.17. The van der Waals surface area contributed by atoms with Crippen LogP contribution in [0.3, 0.4) is 0 Å². The Kier molecular flexibility index (Phi) is 5.95. The van der Waals surface area contributed by atoms with Crippen LogP contribution in [0.1, 0.15) is 18.0 Å². The lowest BCUT2D eigenvalue weighted by molar-refractivity contribution is -0.384. The predicted molar refractivity (Wildman–Crippen MR) is 117 cm³/mol. The molecular weight excluding hydrogens is 438 g/mol. The summed E-state index contributed by atoms with van der Waals surface area (Å²) < 4.78 is 6.78. The summed E-state index contributed by atoms with van der Waals surface area (Å²) in [7, 11) is 1.55. The number of benzene rings is 2. The fraction of sp³-hybridized carbons (Fsp3) is 0.286. The van der Waals surface area contributed by atoms with Crippen molar-refractivity contribution in [3.05, 3.63) is 64.3 Å². The number of amides is 3. The molecule has 0 spiro atoms. The number of rotatable bonds is 7. The van der Waals surface area contributed by atoms with Gasteiger partial charge in [0.1, 0.15) is 11.1 Å². The molecule has 2 aromatic carbocycles. The van der Waals surface area contributed by atoms with Gasteiger partial charge in [-0.15, -0.1) is 11.6 Å². The highest BCUT2D eigenvalue weighted by molar-refractivity contribution is 6.35. The van der Waals surface area contributed by atoms with Crippen molar-refractivity contribution in [1.82, 2.24) is 20.0 Å². The Balaban J connectivity index is 1.35. The van der Waals surface area contributed by atoms with Crippen molar-refractivity contribution in [2.75, 3.05) is 13.7 Å². The van der Waals surface area contributed by atoms with Crippen molar-refractivity contribution in [2.45, 2.75) is 24.4 Å². The largest absolute Gasteiger partial charge is 0.497 e. The van der Waals surface area contributed by atoms with Gasteiger partial charge in [-0.3, -0.25) is 24.5 Å². The number of nitrogens with zero attached hydrogens (tertiary/aromatic N) is 4. The van der Waals surface area contributed by atoms with Crippen LogP contribution in [0.2, 0.25) is 0 Å².